The Morgan fingerprint density at radius 3 is 1.42 bits per heavy atom. The molecule has 1 aliphatic rings. The molecule has 26 heavy (non-hydrogen) atoms. The number of hydrogen-bond acceptors (Lipinski definition) is 2. The van der Waals surface area contributed by atoms with Crippen molar-refractivity contribution in [2.24, 2.45) is 11.8 Å². The molecule has 2 heteroatoms. The van der Waals surface area contributed by atoms with Gasteiger partial charge in [-0.15, -0.1) is 0 Å². The van der Waals surface area contributed by atoms with Crippen LogP contribution in [0, 0.1) is 11.8 Å². The van der Waals surface area contributed by atoms with Gasteiger partial charge in [0.25, 0.3) is 0 Å². The second kappa shape index (κ2) is 6.80. The number of ether oxygens (including phenoxy) is 1. The summed E-state index contributed by atoms with van der Waals surface area (Å²) in [6.45, 7) is 2.42. The summed E-state index contributed by atoms with van der Waals surface area (Å²) in [4.78, 5) is 12.3. The third-order valence-electron chi connectivity index (χ3n) is 5.62. The lowest BCUT2D eigenvalue weighted by Gasteiger charge is -2.41. The molecule has 2 atom stereocenters. The molecular weight excluding hydrogens is 320 g/mol. The highest BCUT2D eigenvalue weighted by Crippen LogP contribution is 2.50. The topological polar surface area (TPSA) is 26.3 Å². The summed E-state index contributed by atoms with van der Waals surface area (Å²) in [7, 11) is 0. The van der Waals surface area contributed by atoms with Gasteiger partial charge in [-0.2, -0.15) is 0 Å². The second-order valence-corrected chi connectivity index (χ2v) is 6.93. The van der Waals surface area contributed by atoms with Gasteiger partial charge in [-0.3, -0.25) is 4.79 Å². The molecule has 0 saturated carbocycles. The van der Waals surface area contributed by atoms with E-state index in [-0.39, 0.29) is 17.8 Å². The molecule has 1 saturated heterocycles. The zero-order chi connectivity index (χ0) is 18.0. The minimum Gasteiger partial charge on any atom is -0.465 e. The average molecular weight is 342 g/mol. The molecule has 3 aromatic carbocycles. The van der Waals surface area contributed by atoms with E-state index in [1.54, 1.807) is 0 Å². The summed E-state index contributed by atoms with van der Waals surface area (Å²) in [6.07, 6.45) is 0. The minimum atomic E-state index is -0.435. The summed E-state index contributed by atoms with van der Waals surface area (Å²) in [5, 5.41) is 0. The molecule has 1 fully saturated rings. The number of cyclic esters (lactones) is 1. The van der Waals surface area contributed by atoms with Crippen molar-refractivity contribution in [3.8, 4) is 0 Å². The van der Waals surface area contributed by atoms with E-state index in [0.717, 1.165) is 0 Å². The first-order chi connectivity index (χ1) is 12.7. The third kappa shape index (κ3) is 2.53. The SMILES string of the molecule is C[C@@H]1C(=O)OC[C@H]1C(c1ccccc1)(c1ccccc1)c1ccccc1. The van der Waals surface area contributed by atoms with Gasteiger partial charge in [-0.1, -0.05) is 97.9 Å². The van der Waals surface area contributed by atoms with Crippen LogP contribution in [0.25, 0.3) is 0 Å². The zero-order valence-corrected chi connectivity index (χ0v) is 14.8. The summed E-state index contributed by atoms with van der Waals surface area (Å²) in [5.74, 6) is -0.250. The Hall–Kier alpha value is -2.87. The van der Waals surface area contributed by atoms with Gasteiger partial charge >= 0.3 is 5.97 Å². The predicted molar refractivity (Wildman–Crippen MR) is 103 cm³/mol. The van der Waals surface area contributed by atoms with Gasteiger partial charge in [-0.05, 0) is 16.7 Å². The Morgan fingerprint density at radius 1 is 0.731 bits per heavy atom. The number of rotatable bonds is 4. The summed E-state index contributed by atoms with van der Waals surface area (Å²) < 4.78 is 5.51. The standard InChI is InChI=1S/C24H22O2/c1-18-22(17-26-23(18)25)24(19-11-5-2-6-12-19,20-13-7-3-8-14-20)21-15-9-4-10-16-21/h2-16,18,22H,17H2,1H3/t18-,22+/m0/s1. The fourth-order valence-corrected chi connectivity index (χ4v) is 4.36. The lowest BCUT2D eigenvalue weighted by molar-refractivity contribution is -0.140. The van der Waals surface area contributed by atoms with Crippen LogP contribution < -0.4 is 0 Å². The van der Waals surface area contributed by atoms with Gasteiger partial charge in [-0.25, -0.2) is 0 Å². The highest BCUT2D eigenvalue weighted by molar-refractivity contribution is 5.75. The Bertz CT molecular complexity index is 775. The quantitative estimate of drug-likeness (QED) is 0.501. The fraction of sp³-hybridized carbons (Fsp3) is 0.208. The molecule has 0 amide bonds. The maximum Gasteiger partial charge on any atom is 0.309 e. The van der Waals surface area contributed by atoms with E-state index in [4.69, 9.17) is 4.74 Å². The fourth-order valence-electron chi connectivity index (χ4n) is 4.36. The molecule has 130 valence electrons. The number of esters is 1. The zero-order valence-electron chi connectivity index (χ0n) is 14.8. The molecule has 4 rings (SSSR count). The smallest absolute Gasteiger partial charge is 0.309 e. The van der Waals surface area contributed by atoms with Crippen LogP contribution in [0.15, 0.2) is 91.0 Å². The number of benzene rings is 3. The highest BCUT2D eigenvalue weighted by Gasteiger charge is 2.51. The predicted octanol–water partition coefficient (Wildman–Crippen LogP) is 4.83. The highest BCUT2D eigenvalue weighted by atomic mass is 16.5. The normalized spacial score (nSPS) is 20.0. The van der Waals surface area contributed by atoms with Crippen molar-refractivity contribution in [2.45, 2.75) is 12.3 Å². The molecule has 0 spiro atoms. The molecule has 2 nitrogen and oxygen atoms in total. The van der Waals surface area contributed by atoms with Gasteiger partial charge in [0.1, 0.15) is 0 Å². The van der Waals surface area contributed by atoms with Crippen LogP contribution in [0.3, 0.4) is 0 Å². The van der Waals surface area contributed by atoms with Gasteiger partial charge in [0, 0.05) is 5.92 Å². The number of carbonyl (C=O) groups is 1. The monoisotopic (exact) mass is 342 g/mol. The van der Waals surface area contributed by atoms with Crippen molar-refractivity contribution in [1.82, 2.24) is 0 Å². The molecule has 1 heterocycles. The van der Waals surface area contributed by atoms with E-state index >= 15 is 0 Å². The van der Waals surface area contributed by atoms with Gasteiger partial charge in [0.2, 0.25) is 0 Å². The Morgan fingerprint density at radius 2 is 1.12 bits per heavy atom. The van der Waals surface area contributed by atoms with Crippen LogP contribution in [-0.2, 0) is 14.9 Å². The van der Waals surface area contributed by atoms with Crippen LogP contribution in [0.4, 0.5) is 0 Å². The van der Waals surface area contributed by atoms with Crippen LogP contribution in [0.2, 0.25) is 0 Å². The lowest BCUT2D eigenvalue weighted by Crippen LogP contribution is -2.41. The van der Waals surface area contributed by atoms with Crippen molar-refractivity contribution < 1.29 is 9.53 Å². The first-order valence-electron chi connectivity index (χ1n) is 9.08. The Labute approximate surface area is 154 Å². The molecule has 3 aromatic rings. The molecule has 0 aromatic heterocycles. The van der Waals surface area contributed by atoms with Gasteiger partial charge in [0.15, 0.2) is 0 Å². The summed E-state index contributed by atoms with van der Waals surface area (Å²) >= 11 is 0. The maximum atomic E-state index is 12.3. The number of carbonyl (C=O) groups excluding carboxylic acids is 1. The molecule has 0 bridgehead atoms. The molecule has 1 aliphatic heterocycles. The van der Waals surface area contributed by atoms with Crippen molar-refractivity contribution >= 4 is 5.97 Å². The second-order valence-electron chi connectivity index (χ2n) is 6.93. The van der Waals surface area contributed by atoms with E-state index in [0.29, 0.717) is 6.61 Å². The minimum absolute atomic E-state index is 0.0298. The molecular formula is C24H22O2. The van der Waals surface area contributed by atoms with Crippen LogP contribution in [-0.4, -0.2) is 12.6 Å². The van der Waals surface area contributed by atoms with Gasteiger partial charge < -0.3 is 4.74 Å². The summed E-state index contributed by atoms with van der Waals surface area (Å²) in [6, 6.07) is 31.5. The van der Waals surface area contributed by atoms with Crippen LogP contribution in [0.5, 0.6) is 0 Å². The lowest BCUT2D eigenvalue weighted by atomic mass is 9.59. The van der Waals surface area contributed by atoms with E-state index in [9.17, 15) is 4.79 Å². The first-order valence-corrected chi connectivity index (χ1v) is 9.08. The number of hydrogen-bond donors (Lipinski definition) is 0. The van der Waals surface area contributed by atoms with E-state index in [1.165, 1.54) is 16.7 Å². The van der Waals surface area contributed by atoms with Crippen LogP contribution in [0.1, 0.15) is 23.6 Å². The maximum absolute atomic E-state index is 12.3. The van der Waals surface area contributed by atoms with E-state index in [2.05, 4.69) is 72.8 Å². The first kappa shape index (κ1) is 16.6. The summed E-state index contributed by atoms with van der Waals surface area (Å²) in [5.41, 5.74) is 3.13. The van der Waals surface area contributed by atoms with Crippen molar-refractivity contribution in [1.29, 1.82) is 0 Å². The Kier molecular flexibility index (Phi) is 4.34. The van der Waals surface area contributed by atoms with Crippen molar-refractivity contribution in [3.63, 3.8) is 0 Å². The van der Waals surface area contributed by atoms with Crippen LogP contribution >= 0.6 is 0 Å². The van der Waals surface area contributed by atoms with Crippen molar-refractivity contribution in [2.75, 3.05) is 6.61 Å². The largest absolute Gasteiger partial charge is 0.465 e. The molecule has 0 radical (unpaired) electrons. The van der Waals surface area contributed by atoms with E-state index < -0.39 is 5.41 Å². The van der Waals surface area contributed by atoms with Crippen molar-refractivity contribution in [3.05, 3.63) is 108 Å². The third-order valence-corrected chi connectivity index (χ3v) is 5.62. The Balaban J connectivity index is 2.06. The van der Waals surface area contributed by atoms with Gasteiger partial charge in [0.05, 0.1) is 17.9 Å². The molecule has 0 unspecified atom stereocenters. The van der Waals surface area contributed by atoms with E-state index in [1.807, 2.05) is 25.1 Å². The molecule has 0 N–H and O–H groups in total. The average Bonchev–Trinajstić information content (AvgIpc) is 3.04. The molecule has 0 aliphatic carbocycles.